The second-order valence-electron chi connectivity index (χ2n) is 3.60. The zero-order valence-corrected chi connectivity index (χ0v) is 9.21. The van der Waals surface area contributed by atoms with Crippen molar-refractivity contribution in [3.63, 3.8) is 0 Å². The molecule has 3 nitrogen and oxygen atoms in total. The molecule has 0 heterocycles. The molecule has 0 aliphatic carbocycles. The lowest BCUT2D eigenvalue weighted by molar-refractivity contribution is 0.601. The van der Waals surface area contributed by atoms with Crippen LogP contribution in [0.3, 0.4) is 0 Å². The van der Waals surface area contributed by atoms with Gasteiger partial charge in [-0.15, -0.1) is 0 Å². The maximum atomic E-state index is 11.1. The van der Waals surface area contributed by atoms with Crippen molar-refractivity contribution in [1.29, 1.82) is 0 Å². The maximum Gasteiger partial charge on any atom is 0.151 e. The summed E-state index contributed by atoms with van der Waals surface area (Å²) in [5.41, 5.74) is 7.45. The summed E-state index contributed by atoms with van der Waals surface area (Å²) >= 11 is 0. The summed E-state index contributed by atoms with van der Waals surface area (Å²) in [7, 11) is -2.96. The van der Waals surface area contributed by atoms with Gasteiger partial charge in [-0.05, 0) is 18.1 Å². The van der Waals surface area contributed by atoms with Crippen LogP contribution >= 0.6 is 0 Å². The Morgan fingerprint density at radius 2 is 2.07 bits per heavy atom. The minimum atomic E-state index is -2.96. The van der Waals surface area contributed by atoms with Crippen LogP contribution in [0.2, 0.25) is 0 Å². The molecule has 0 saturated carbocycles. The molecule has 0 aliphatic rings. The van der Waals surface area contributed by atoms with E-state index in [4.69, 9.17) is 5.73 Å². The van der Waals surface area contributed by atoms with Gasteiger partial charge in [-0.3, -0.25) is 0 Å². The van der Waals surface area contributed by atoms with E-state index in [2.05, 4.69) is 0 Å². The van der Waals surface area contributed by atoms with Crippen molar-refractivity contribution in [3.05, 3.63) is 35.4 Å². The fourth-order valence-electron chi connectivity index (χ4n) is 1.27. The van der Waals surface area contributed by atoms with Gasteiger partial charge in [0.2, 0.25) is 0 Å². The highest BCUT2D eigenvalue weighted by Gasteiger charge is 2.06. The Morgan fingerprint density at radius 3 is 2.57 bits per heavy atom. The van der Waals surface area contributed by atoms with Crippen LogP contribution in [-0.2, 0) is 15.6 Å². The highest BCUT2D eigenvalue weighted by atomic mass is 32.2. The standard InChI is InChI=1S/C10H15NO2S/c1-8(11)10-5-3-4-9(6-10)7-14(2,12)13/h3-6,8H,7,11H2,1-2H3. The van der Waals surface area contributed by atoms with Crippen LogP contribution in [0.25, 0.3) is 0 Å². The summed E-state index contributed by atoms with van der Waals surface area (Å²) in [5, 5.41) is 0. The number of benzene rings is 1. The molecule has 0 aromatic heterocycles. The van der Waals surface area contributed by atoms with E-state index in [1.54, 1.807) is 6.07 Å². The average molecular weight is 213 g/mol. The molecule has 1 aromatic carbocycles. The number of hydrogen-bond acceptors (Lipinski definition) is 3. The van der Waals surface area contributed by atoms with Gasteiger partial charge < -0.3 is 5.73 Å². The minimum Gasteiger partial charge on any atom is -0.324 e. The lowest BCUT2D eigenvalue weighted by Gasteiger charge is -2.07. The van der Waals surface area contributed by atoms with Crippen molar-refractivity contribution in [1.82, 2.24) is 0 Å². The van der Waals surface area contributed by atoms with Gasteiger partial charge >= 0.3 is 0 Å². The molecule has 1 rings (SSSR count). The summed E-state index contributed by atoms with van der Waals surface area (Å²) in [4.78, 5) is 0. The number of nitrogens with two attached hydrogens (primary N) is 1. The number of rotatable bonds is 3. The molecule has 4 heteroatoms. The fraction of sp³-hybridized carbons (Fsp3) is 0.400. The number of sulfone groups is 1. The highest BCUT2D eigenvalue weighted by molar-refractivity contribution is 7.89. The van der Waals surface area contributed by atoms with Crippen LogP contribution in [0, 0.1) is 0 Å². The molecule has 1 unspecified atom stereocenters. The van der Waals surface area contributed by atoms with Crippen LogP contribution in [-0.4, -0.2) is 14.7 Å². The molecule has 14 heavy (non-hydrogen) atoms. The second-order valence-corrected chi connectivity index (χ2v) is 5.74. The van der Waals surface area contributed by atoms with E-state index < -0.39 is 9.84 Å². The molecule has 0 aliphatic heterocycles. The van der Waals surface area contributed by atoms with Crippen molar-refractivity contribution in [3.8, 4) is 0 Å². The third-order valence-electron chi connectivity index (χ3n) is 1.91. The van der Waals surface area contributed by atoms with E-state index >= 15 is 0 Å². The normalized spacial score (nSPS) is 13.9. The quantitative estimate of drug-likeness (QED) is 0.822. The van der Waals surface area contributed by atoms with Crippen molar-refractivity contribution in [2.75, 3.05) is 6.26 Å². The molecule has 0 spiro atoms. The van der Waals surface area contributed by atoms with Crippen LogP contribution in [0.1, 0.15) is 24.1 Å². The summed E-state index contributed by atoms with van der Waals surface area (Å²) in [6.45, 7) is 1.87. The van der Waals surface area contributed by atoms with Gasteiger partial charge in [0, 0.05) is 12.3 Å². The third-order valence-corrected chi connectivity index (χ3v) is 2.76. The van der Waals surface area contributed by atoms with E-state index in [9.17, 15) is 8.42 Å². The van der Waals surface area contributed by atoms with Crippen LogP contribution in [0.5, 0.6) is 0 Å². The molecule has 0 amide bonds. The van der Waals surface area contributed by atoms with Crippen LogP contribution in [0.4, 0.5) is 0 Å². The lowest BCUT2D eigenvalue weighted by Crippen LogP contribution is -2.06. The van der Waals surface area contributed by atoms with Crippen molar-refractivity contribution < 1.29 is 8.42 Å². The largest absolute Gasteiger partial charge is 0.324 e. The molecule has 0 fully saturated rings. The monoisotopic (exact) mass is 213 g/mol. The van der Waals surface area contributed by atoms with Gasteiger partial charge in [0.25, 0.3) is 0 Å². The Bertz CT molecular complexity index is 410. The SMILES string of the molecule is CC(N)c1cccc(CS(C)(=O)=O)c1. The summed E-state index contributed by atoms with van der Waals surface area (Å²) < 4.78 is 22.1. The summed E-state index contributed by atoms with van der Waals surface area (Å²) in [5.74, 6) is 0.0769. The summed E-state index contributed by atoms with van der Waals surface area (Å²) in [6, 6.07) is 7.31. The highest BCUT2D eigenvalue weighted by Crippen LogP contribution is 2.13. The fourth-order valence-corrected chi connectivity index (χ4v) is 2.05. The van der Waals surface area contributed by atoms with Gasteiger partial charge in [-0.25, -0.2) is 8.42 Å². The van der Waals surface area contributed by atoms with E-state index in [-0.39, 0.29) is 11.8 Å². The second kappa shape index (κ2) is 4.11. The van der Waals surface area contributed by atoms with Crippen molar-refractivity contribution >= 4 is 9.84 Å². The maximum absolute atomic E-state index is 11.1. The van der Waals surface area contributed by atoms with Gasteiger partial charge in [-0.1, -0.05) is 24.3 Å². The van der Waals surface area contributed by atoms with Gasteiger partial charge in [0.15, 0.2) is 9.84 Å². The van der Waals surface area contributed by atoms with Gasteiger partial charge in [-0.2, -0.15) is 0 Å². The zero-order chi connectivity index (χ0) is 10.8. The smallest absolute Gasteiger partial charge is 0.151 e. The molecule has 0 radical (unpaired) electrons. The molecule has 1 atom stereocenters. The Balaban J connectivity index is 2.95. The Morgan fingerprint density at radius 1 is 1.43 bits per heavy atom. The van der Waals surface area contributed by atoms with E-state index in [0.717, 1.165) is 11.1 Å². The first-order chi connectivity index (χ1) is 6.38. The molecule has 1 aromatic rings. The Kier molecular flexibility index (Phi) is 3.29. The Hall–Kier alpha value is -0.870. The first-order valence-corrected chi connectivity index (χ1v) is 6.47. The molecule has 0 bridgehead atoms. The minimum absolute atomic E-state index is 0.0606. The zero-order valence-electron chi connectivity index (χ0n) is 8.40. The molecule has 78 valence electrons. The average Bonchev–Trinajstić information content (AvgIpc) is 2.01. The van der Waals surface area contributed by atoms with E-state index in [0.29, 0.717) is 0 Å². The third kappa shape index (κ3) is 3.47. The van der Waals surface area contributed by atoms with Gasteiger partial charge in [0.1, 0.15) is 0 Å². The van der Waals surface area contributed by atoms with E-state index in [1.807, 2.05) is 25.1 Å². The predicted molar refractivity (Wildman–Crippen MR) is 57.6 cm³/mol. The topological polar surface area (TPSA) is 60.2 Å². The van der Waals surface area contributed by atoms with E-state index in [1.165, 1.54) is 6.26 Å². The molecule has 0 saturated heterocycles. The van der Waals surface area contributed by atoms with Crippen LogP contribution < -0.4 is 5.73 Å². The first kappa shape index (κ1) is 11.2. The van der Waals surface area contributed by atoms with Gasteiger partial charge in [0.05, 0.1) is 5.75 Å². The first-order valence-electron chi connectivity index (χ1n) is 4.40. The molecular formula is C10H15NO2S. The lowest BCUT2D eigenvalue weighted by atomic mass is 10.1. The van der Waals surface area contributed by atoms with Crippen molar-refractivity contribution in [2.24, 2.45) is 5.73 Å². The van der Waals surface area contributed by atoms with Crippen LogP contribution in [0.15, 0.2) is 24.3 Å². The molecule has 2 N–H and O–H groups in total. The summed E-state index contributed by atoms with van der Waals surface area (Å²) in [6.07, 6.45) is 1.23. The molecular weight excluding hydrogens is 198 g/mol. The Labute approximate surface area is 84.9 Å². The van der Waals surface area contributed by atoms with Crippen molar-refractivity contribution in [2.45, 2.75) is 18.7 Å². The number of hydrogen-bond donors (Lipinski definition) is 1. The predicted octanol–water partition coefficient (Wildman–Crippen LogP) is 1.25.